The van der Waals surface area contributed by atoms with Crippen molar-refractivity contribution >= 4 is 0 Å². The lowest BCUT2D eigenvalue weighted by Gasteiger charge is -2.09. The van der Waals surface area contributed by atoms with E-state index in [2.05, 4.69) is 31.2 Å². The molecule has 1 heterocycles. The van der Waals surface area contributed by atoms with Crippen LogP contribution in [0.4, 0.5) is 0 Å². The fourth-order valence-electron chi connectivity index (χ4n) is 1.61. The first-order chi connectivity index (χ1) is 8.26. The summed E-state index contributed by atoms with van der Waals surface area (Å²) >= 11 is 0. The average molecular weight is 240 g/mol. The zero-order valence-electron chi connectivity index (χ0n) is 11.2. The van der Waals surface area contributed by atoms with Crippen LogP contribution in [0, 0.1) is 0 Å². The summed E-state index contributed by atoms with van der Waals surface area (Å²) in [5, 5.41) is 7.28. The number of rotatable bonds is 9. The fraction of sp³-hybridized carbons (Fsp3) is 0.769. The maximum absolute atomic E-state index is 5.65. The number of nitrogens with one attached hydrogen (secondary N) is 1. The lowest BCUT2D eigenvalue weighted by atomic mass is 10.2. The predicted octanol–water partition coefficient (Wildman–Crippen LogP) is 2.88. The van der Waals surface area contributed by atoms with Gasteiger partial charge in [0.15, 0.2) is 5.76 Å². The Morgan fingerprint density at radius 1 is 1.41 bits per heavy atom. The first kappa shape index (κ1) is 14.2. The molecule has 1 N–H and O–H groups in total. The van der Waals surface area contributed by atoms with Crippen LogP contribution < -0.4 is 5.32 Å². The summed E-state index contributed by atoms with van der Waals surface area (Å²) < 4.78 is 10.9. The summed E-state index contributed by atoms with van der Waals surface area (Å²) in [5.41, 5.74) is 0.945. The maximum Gasteiger partial charge on any atom is 0.162 e. The minimum Gasteiger partial charge on any atom is -0.370 e. The van der Waals surface area contributed by atoms with Crippen molar-refractivity contribution in [3.63, 3.8) is 0 Å². The molecule has 0 amide bonds. The number of hydrogen-bond acceptors (Lipinski definition) is 4. The molecule has 98 valence electrons. The Morgan fingerprint density at radius 2 is 2.24 bits per heavy atom. The zero-order valence-corrected chi connectivity index (χ0v) is 11.2. The molecule has 1 atom stereocenters. The van der Waals surface area contributed by atoms with Gasteiger partial charge in [-0.25, -0.2) is 0 Å². The quantitative estimate of drug-likeness (QED) is 0.674. The summed E-state index contributed by atoms with van der Waals surface area (Å²) in [6.07, 6.45) is 3.64. The third-order valence-corrected chi connectivity index (χ3v) is 2.55. The Hall–Kier alpha value is -0.870. The van der Waals surface area contributed by atoms with Gasteiger partial charge in [0.1, 0.15) is 6.61 Å². The Morgan fingerprint density at radius 3 is 2.94 bits per heavy atom. The van der Waals surface area contributed by atoms with Crippen molar-refractivity contribution in [1.82, 2.24) is 10.5 Å². The number of ether oxygens (including phenoxy) is 1. The van der Waals surface area contributed by atoms with E-state index in [1.54, 1.807) is 0 Å². The molecule has 1 unspecified atom stereocenters. The molecule has 0 spiro atoms. The van der Waals surface area contributed by atoms with E-state index in [-0.39, 0.29) is 6.10 Å². The van der Waals surface area contributed by atoms with Gasteiger partial charge >= 0.3 is 0 Å². The first-order valence-electron chi connectivity index (χ1n) is 6.53. The van der Waals surface area contributed by atoms with E-state index in [0.717, 1.165) is 43.8 Å². The molecule has 0 aliphatic heterocycles. The molecule has 0 radical (unpaired) electrons. The molecule has 0 aliphatic rings. The molecule has 1 aromatic heterocycles. The molecule has 4 heteroatoms. The van der Waals surface area contributed by atoms with Crippen LogP contribution in [0.2, 0.25) is 0 Å². The predicted molar refractivity (Wildman–Crippen MR) is 67.7 cm³/mol. The second kappa shape index (κ2) is 8.25. The van der Waals surface area contributed by atoms with Gasteiger partial charge < -0.3 is 14.6 Å². The normalized spacial score (nSPS) is 12.9. The molecule has 17 heavy (non-hydrogen) atoms. The van der Waals surface area contributed by atoms with E-state index in [4.69, 9.17) is 9.26 Å². The van der Waals surface area contributed by atoms with Gasteiger partial charge in [0.2, 0.25) is 0 Å². The van der Waals surface area contributed by atoms with E-state index in [1.807, 2.05) is 6.07 Å². The summed E-state index contributed by atoms with van der Waals surface area (Å²) in [4.78, 5) is 0. The summed E-state index contributed by atoms with van der Waals surface area (Å²) in [5.74, 6) is 0.807. The van der Waals surface area contributed by atoms with Gasteiger partial charge in [0.05, 0.1) is 11.8 Å². The molecular formula is C13H24N2O2. The highest BCUT2D eigenvalue weighted by Gasteiger charge is 2.06. The minimum atomic E-state index is 0.284. The Kier molecular flexibility index (Phi) is 6.89. The molecule has 0 aliphatic carbocycles. The molecule has 0 bridgehead atoms. The molecule has 0 saturated carbocycles. The topological polar surface area (TPSA) is 47.3 Å². The van der Waals surface area contributed by atoms with Crippen LogP contribution in [0.3, 0.4) is 0 Å². The van der Waals surface area contributed by atoms with Crippen molar-refractivity contribution in [3.8, 4) is 0 Å². The average Bonchev–Trinajstić information content (AvgIpc) is 2.75. The summed E-state index contributed by atoms with van der Waals surface area (Å²) in [6.45, 7) is 8.68. The van der Waals surface area contributed by atoms with Gasteiger partial charge in [-0.15, -0.1) is 0 Å². The Labute approximate surface area is 104 Å². The molecule has 1 rings (SSSR count). The monoisotopic (exact) mass is 240 g/mol. The number of aromatic nitrogens is 1. The maximum atomic E-state index is 5.65. The summed E-state index contributed by atoms with van der Waals surface area (Å²) in [6, 6.07) is 1.96. The smallest absolute Gasteiger partial charge is 0.162 e. The van der Waals surface area contributed by atoms with Crippen LogP contribution in [0.25, 0.3) is 0 Å². The zero-order chi connectivity index (χ0) is 12.5. The highest BCUT2D eigenvalue weighted by atomic mass is 16.5. The molecule has 0 saturated heterocycles. The van der Waals surface area contributed by atoms with Crippen molar-refractivity contribution < 1.29 is 9.26 Å². The van der Waals surface area contributed by atoms with Gasteiger partial charge in [-0.1, -0.05) is 25.4 Å². The van der Waals surface area contributed by atoms with Crippen LogP contribution in [0.1, 0.15) is 51.5 Å². The largest absolute Gasteiger partial charge is 0.370 e. The van der Waals surface area contributed by atoms with E-state index in [0.29, 0.717) is 6.61 Å². The van der Waals surface area contributed by atoms with Gasteiger partial charge in [-0.2, -0.15) is 0 Å². The first-order valence-corrected chi connectivity index (χ1v) is 6.53. The van der Waals surface area contributed by atoms with Crippen LogP contribution in [0.15, 0.2) is 10.6 Å². The lowest BCUT2D eigenvalue weighted by molar-refractivity contribution is 0.0344. The Bertz CT molecular complexity index is 299. The van der Waals surface area contributed by atoms with E-state index in [1.165, 1.54) is 0 Å². The molecular weight excluding hydrogens is 216 g/mol. The lowest BCUT2D eigenvalue weighted by Crippen LogP contribution is -2.13. The molecule has 0 aromatic carbocycles. The van der Waals surface area contributed by atoms with Gasteiger partial charge in [-0.05, 0) is 26.3 Å². The highest BCUT2D eigenvalue weighted by Crippen LogP contribution is 2.08. The van der Waals surface area contributed by atoms with Crippen molar-refractivity contribution in [3.05, 3.63) is 17.5 Å². The fourth-order valence-corrected chi connectivity index (χ4v) is 1.61. The van der Waals surface area contributed by atoms with Gasteiger partial charge in [0, 0.05) is 12.6 Å². The van der Waals surface area contributed by atoms with Crippen molar-refractivity contribution in [1.29, 1.82) is 0 Å². The van der Waals surface area contributed by atoms with Gasteiger partial charge in [-0.3, -0.25) is 0 Å². The second-order valence-electron chi connectivity index (χ2n) is 4.37. The third kappa shape index (κ3) is 5.84. The van der Waals surface area contributed by atoms with Crippen LogP contribution in [-0.2, 0) is 17.9 Å². The highest BCUT2D eigenvalue weighted by molar-refractivity contribution is 5.04. The molecule has 0 fully saturated rings. The molecule has 1 aromatic rings. The van der Waals surface area contributed by atoms with Crippen molar-refractivity contribution in [2.75, 3.05) is 6.54 Å². The van der Waals surface area contributed by atoms with E-state index in [9.17, 15) is 0 Å². The second-order valence-corrected chi connectivity index (χ2v) is 4.37. The van der Waals surface area contributed by atoms with Crippen LogP contribution in [-0.4, -0.2) is 17.8 Å². The minimum absolute atomic E-state index is 0.284. The SMILES string of the molecule is CCCNCc1cc(COC(C)CCC)on1. The van der Waals surface area contributed by atoms with Crippen molar-refractivity contribution in [2.45, 2.75) is 59.3 Å². The molecule has 4 nitrogen and oxygen atoms in total. The Balaban J connectivity index is 2.25. The summed E-state index contributed by atoms with van der Waals surface area (Å²) in [7, 11) is 0. The standard InChI is InChI=1S/C13H24N2O2/c1-4-6-11(3)16-10-13-8-12(15-17-13)9-14-7-5-2/h8,11,14H,4-7,9-10H2,1-3H3. The number of nitrogens with zero attached hydrogens (tertiary/aromatic N) is 1. The van der Waals surface area contributed by atoms with Crippen LogP contribution >= 0.6 is 0 Å². The number of hydrogen-bond donors (Lipinski definition) is 1. The van der Waals surface area contributed by atoms with Crippen LogP contribution in [0.5, 0.6) is 0 Å². The van der Waals surface area contributed by atoms with Crippen molar-refractivity contribution in [2.24, 2.45) is 0 Å². The van der Waals surface area contributed by atoms with E-state index < -0.39 is 0 Å². The third-order valence-electron chi connectivity index (χ3n) is 2.55. The van der Waals surface area contributed by atoms with E-state index >= 15 is 0 Å². The van der Waals surface area contributed by atoms with Gasteiger partial charge in [0.25, 0.3) is 0 Å².